The largest absolute Gasteiger partial charge is 0.378 e. The van der Waals surface area contributed by atoms with E-state index in [2.05, 4.69) is 34.5 Å². The van der Waals surface area contributed by atoms with Crippen LogP contribution in [0.25, 0.3) is 0 Å². The molecule has 2 aliphatic rings. The first-order valence-corrected chi connectivity index (χ1v) is 10.8. The number of rotatable bonds is 7. The Hall–Kier alpha value is -2.88. The van der Waals surface area contributed by atoms with Gasteiger partial charge in [0.15, 0.2) is 5.82 Å². The Bertz CT molecular complexity index is 951. The average Bonchev–Trinajstić information content (AvgIpc) is 3.48. The van der Waals surface area contributed by atoms with Crippen LogP contribution < -0.4 is 5.32 Å². The molecule has 1 saturated carbocycles. The molecule has 2 unspecified atom stereocenters. The molecule has 2 fully saturated rings. The van der Waals surface area contributed by atoms with Crippen LogP contribution in [-0.2, 0) is 18.4 Å². The number of carbonyl (C=O) groups excluding carboxylic acids is 2. The van der Waals surface area contributed by atoms with Crippen molar-refractivity contribution in [3.05, 3.63) is 29.2 Å². The van der Waals surface area contributed by atoms with Gasteiger partial charge in [0.05, 0.1) is 12.3 Å². The number of H-pyrrole nitrogens is 1. The summed E-state index contributed by atoms with van der Waals surface area (Å²) < 4.78 is 6.61. The van der Waals surface area contributed by atoms with E-state index in [0.717, 1.165) is 38.0 Å². The Morgan fingerprint density at radius 1 is 1.32 bits per heavy atom. The van der Waals surface area contributed by atoms with E-state index in [-0.39, 0.29) is 24.0 Å². The number of hydrogen-bond acceptors (Lipinski definition) is 5. The molecule has 2 atom stereocenters. The third-order valence-corrected chi connectivity index (χ3v) is 6.28. The van der Waals surface area contributed by atoms with E-state index >= 15 is 0 Å². The molecular weight excluding hydrogens is 398 g/mol. The maximum Gasteiger partial charge on any atom is 0.320 e. The molecular formula is C21H31N7O3. The zero-order valence-corrected chi connectivity index (χ0v) is 18.6. The van der Waals surface area contributed by atoms with Gasteiger partial charge in [0.25, 0.3) is 5.91 Å². The maximum absolute atomic E-state index is 12.7. The Kier molecular flexibility index (Phi) is 5.99. The molecule has 168 valence electrons. The highest BCUT2D eigenvalue weighted by molar-refractivity contribution is 6.02. The molecule has 1 saturated heterocycles. The minimum absolute atomic E-state index is 0.155. The van der Waals surface area contributed by atoms with Crippen LogP contribution in [0.1, 0.15) is 60.9 Å². The number of aromatic nitrogens is 4. The molecule has 1 aliphatic heterocycles. The predicted octanol–water partition coefficient (Wildman–Crippen LogP) is 2.32. The molecule has 2 aromatic heterocycles. The summed E-state index contributed by atoms with van der Waals surface area (Å²) in [5, 5.41) is 14.4. The number of nitrogens with zero attached hydrogens (tertiary/aromatic N) is 5. The summed E-state index contributed by atoms with van der Waals surface area (Å²) in [5.41, 5.74) is 2.14. The molecule has 10 heteroatoms. The highest BCUT2D eigenvalue weighted by Crippen LogP contribution is 2.38. The second-order valence-electron chi connectivity index (χ2n) is 8.67. The third-order valence-electron chi connectivity index (χ3n) is 6.28. The monoisotopic (exact) mass is 429 g/mol. The van der Waals surface area contributed by atoms with Crippen molar-refractivity contribution in [1.29, 1.82) is 0 Å². The molecule has 31 heavy (non-hydrogen) atoms. The first kappa shape index (κ1) is 21.4. The number of methoxy groups -OCH3 is 1. The Morgan fingerprint density at radius 3 is 2.84 bits per heavy atom. The fraction of sp³-hybridized carbons (Fsp3) is 0.619. The van der Waals surface area contributed by atoms with Crippen LogP contribution in [0.3, 0.4) is 0 Å². The van der Waals surface area contributed by atoms with Crippen molar-refractivity contribution in [2.75, 3.05) is 25.5 Å². The van der Waals surface area contributed by atoms with Crippen molar-refractivity contribution in [1.82, 2.24) is 29.8 Å². The van der Waals surface area contributed by atoms with Crippen LogP contribution >= 0.6 is 0 Å². The zero-order chi connectivity index (χ0) is 22.1. The van der Waals surface area contributed by atoms with E-state index in [1.165, 1.54) is 4.68 Å². The Morgan fingerprint density at radius 2 is 2.13 bits per heavy atom. The maximum atomic E-state index is 12.7. The second kappa shape index (κ2) is 8.70. The van der Waals surface area contributed by atoms with Gasteiger partial charge in [-0.05, 0) is 39.2 Å². The molecule has 10 nitrogen and oxygen atoms in total. The smallest absolute Gasteiger partial charge is 0.320 e. The fourth-order valence-electron chi connectivity index (χ4n) is 4.66. The molecule has 0 bridgehead atoms. The van der Waals surface area contributed by atoms with Gasteiger partial charge in [0.2, 0.25) is 0 Å². The molecule has 3 heterocycles. The Labute approximate surface area is 181 Å². The lowest BCUT2D eigenvalue weighted by atomic mass is 10.0. The van der Waals surface area contributed by atoms with Gasteiger partial charge in [0.1, 0.15) is 5.69 Å². The number of nitrogens with one attached hydrogen (secondary N) is 2. The van der Waals surface area contributed by atoms with Crippen LogP contribution in [0.2, 0.25) is 0 Å². The van der Waals surface area contributed by atoms with E-state index < -0.39 is 0 Å². The zero-order valence-electron chi connectivity index (χ0n) is 18.6. The lowest BCUT2D eigenvalue weighted by Crippen LogP contribution is -2.40. The minimum atomic E-state index is -0.267. The molecule has 0 spiro atoms. The van der Waals surface area contributed by atoms with E-state index in [9.17, 15) is 9.59 Å². The van der Waals surface area contributed by atoms with Gasteiger partial charge in [-0.3, -0.25) is 14.6 Å². The molecule has 0 radical (unpaired) electrons. The molecule has 3 amide bonds. The summed E-state index contributed by atoms with van der Waals surface area (Å²) in [6, 6.07) is 4.25. The number of urea groups is 1. The number of aryl methyl sites for hydroxylation is 1. The van der Waals surface area contributed by atoms with Gasteiger partial charge >= 0.3 is 6.03 Å². The number of hydrogen-bond donors (Lipinski definition) is 2. The number of anilines is 1. The highest BCUT2D eigenvalue weighted by Gasteiger charge is 2.39. The molecule has 4 rings (SSSR count). The normalized spacial score (nSPS) is 21.5. The van der Waals surface area contributed by atoms with E-state index in [0.29, 0.717) is 29.7 Å². The van der Waals surface area contributed by atoms with Crippen LogP contribution in [-0.4, -0.2) is 74.0 Å². The quantitative estimate of drug-likeness (QED) is 0.702. The second-order valence-corrected chi connectivity index (χ2v) is 8.67. The van der Waals surface area contributed by atoms with Gasteiger partial charge in [-0.1, -0.05) is 0 Å². The van der Waals surface area contributed by atoms with Crippen LogP contribution in [0.5, 0.6) is 0 Å². The van der Waals surface area contributed by atoms with E-state index in [4.69, 9.17) is 4.74 Å². The predicted molar refractivity (Wildman–Crippen MR) is 115 cm³/mol. The van der Waals surface area contributed by atoms with E-state index in [1.54, 1.807) is 20.2 Å². The first-order chi connectivity index (χ1) is 14.9. The topological polar surface area (TPSA) is 108 Å². The van der Waals surface area contributed by atoms with Crippen molar-refractivity contribution >= 4 is 17.8 Å². The van der Waals surface area contributed by atoms with Crippen molar-refractivity contribution in [2.24, 2.45) is 7.05 Å². The number of amides is 3. The average molecular weight is 430 g/mol. The number of ether oxygens (including phenoxy) is 1. The van der Waals surface area contributed by atoms with E-state index in [1.807, 2.05) is 15.9 Å². The number of carbonyl (C=O) groups is 2. The van der Waals surface area contributed by atoms with Crippen LogP contribution in [0, 0.1) is 0 Å². The van der Waals surface area contributed by atoms with Crippen molar-refractivity contribution < 1.29 is 14.3 Å². The summed E-state index contributed by atoms with van der Waals surface area (Å²) in [7, 11) is 3.32. The van der Waals surface area contributed by atoms with Crippen molar-refractivity contribution in [3.63, 3.8) is 0 Å². The molecule has 1 aliphatic carbocycles. The molecule has 2 aromatic rings. The number of aromatic amines is 1. The van der Waals surface area contributed by atoms with Gasteiger partial charge in [0, 0.05) is 57.0 Å². The van der Waals surface area contributed by atoms with Crippen molar-refractivity contribution in [3.8, 4) is 0 Å². The molecule has 2 N–H and O–H groups in total. The molecule has 0 aromatic carbocycles. The third kappa shape index (κ3) is 4.30. The Balaban J connectivity index is 1.36. The SMILES string of the molecule is COCc1cc(C(=O)Nc2cc(C3CCC(N4CCN(C(C)C)C4=O)C3)[nH]n2)n(C)n1. The van der Waals surface area contributed by atoms with Gasteiger partial charge in [-0.2, -0.15) is 10.2 Å². The van der Waals surface area contributed by atoms with Gasteiger partial charge in [-0.25, -0.2) is 4.79 Å². The lowest BCUT2D eigenvalue weighted by molar-refractivity contribution is 0.101. The summed E-state index contributed by atoms with van der Waals surface area (Å²) in [6.07, 6.45) is 2.89. The lowest BCUT2D eigenvalue weighted by Gasteiger charge is -2.26. The summed E-state index contributed by atoms with van der Waals surface area (Å²) in [4.78, 5) is 29.3. The van der Waals surface area contributed by atoms with Crippen molar-refractivity contribution in [2.45, 2.75) is 57.7 Å². The van der Waals surface area contributed by atoms with Gasteiger partial charge < -0.3 is 19.9 Å². The summed E-state index contributed by atoms with van der Waals surface area (Å²) in [5.74, 6) is 0.520. The standard InChI is InChI=1S/C21H31N7O3/c1-13(2)27-7-8-28(21(27)30)16-6-5-14(9-16)17-11-19(24-23-17)22-20(29)18-10-15(12-31-4)25-26(18)3/h10-11,13-14,16H,5-9,12H2,1-4H3,(H2,22,23,24,29). The van der Waals surface area contributed by atoms with Gasteiger partial charge in [-0.15, -0.1) is 0 Å². The highest BCUT2D eigenvalue weighted by atomic mass is 16.5. The van der Waals surface area contributed by atoms with Crippen LogP contribution in [0.4, 0.5) is 10.6 Å². The first-order valence-electron chi connectivity index (χ1n) is 10.8. The van der Waals surface area contributed by atoms with Crippen LogP contribution in [0.15, 0.2) is 12.1 Å². The summed E-state index contributed by atoms with van der Waals surface area (Å²) in [6.45, 7) is 6.07. The minimum Gasteiger partial charge on any atom is -0.378 e. The fourth-order valence-corrected chi connectivity index (χ4v) is 4.66. The summed E-state index contributed by atoms with van der Waals surface area (Å²) >= 11 is 0.